The fraction of sp³-hybridized carbons (Fsp3) is 0.417. The van der Waals surface area contributed by atoms with Crippen molar-refractivity contribution in [3.05, 3.63) is 23.3 Å². The number of halogens is 3. The molecule has 0 radical (unpaired) electrons. The average Bonchev–Trinajstić information content (AvgIpc) is 2.49. The van der Waals surface area contributed by atoms with Crippen molar-refractivity contribution in [1.29, 1.82) is 0 Å². The van der Waals surface area contributed by atoms with E-state index >= 15 is 0 Å². The number of aliphatic hydroxyl groups is 1. The van der Waals surface area contributed by atoms with E-state index < -0.39 is 24.7 Å². The summed E-state index contributed by atoms with van der Waals surface area (Å²) in [5.41, 5.74) is 12.8. The summed E-state index contributed by atoms with van der Waals surface area (Å²) in [5.74, 6) is -1.95. The third kappa shape index (κ3) is 3.67. The van der Waals surface area contributed by atoms with E-state index in [9.17, 15) is 23.1 Å². The molecule has 1 aromatic rings. The molecule has 0 spiro atoms. The monoisotopic (exact) mass is 395 g/mol. The van der Waals surface area contributed by atoms with Gasteiger partial charge in [-0.25, -0.2) is 0 Å². The maximum absolute atomic E-state index is 12.4. The van der Waals surface area contributed by atoms with Gasteiger partial charge in [-0.15, -0.1) is 0 Å². The minimum atomic E-state index is -4.95. The topological polar surface area (TPSA) is 92.6 Å². The first-order valence-electron chi connectivity index (χ1n) is 5.92. The van der Waals surface area contributed by atoms with Crippen LogP contribution >= 0.6 is 0 Å². The number of β-amino-alcohol motifs (C(OH)–C–C–N with tert-alkyl or cyclic N) is 1. The third-order valence-corrected chi connectivity index (χ3v) is 3.28. The van der Waals surface area contributed by atoms with Gasteiger partial charge >= 0.3 is 12.1 Å². The summed E-state index contributed by atoms with van der Waals surface area (Å²) in [6.45, 7) is -0.555. The Morgan fingerprint density at radius 3 is 2.43 bits per heavy atom. The largest absolute Gasteiger partial charge is 0.471 e. The smallest absolute Gasteiger partial charge is 0.397 e. The quantitative estimate of drug-likeness (QED) is 0.448. The number of alkyl halides is 3. The van der Waals surface area contributed by atoms with Gasteiger partial charge in [-0.3, -0.25) is 4.79 Å². The molecular formula is C12H14F3N3O2Pd. The van der Waals surface area contributed by atoms with E-state index in [4.69, 9.17) is 11.5 Å². The van der Waals surface area contributed by atoms with Crippen molar-refractivity contribution in [2.24, 2.45) is 0 Å². The molecule has 1 atom stereocenters. The first-order chi connectivity index (χ1) is 9.20. The Bertz CT molecular complexity index is 551. The molecular weight excluding hydrogens is 382 g/mol. The average molecular weight is 396 g/mol. The minimum absolute atomic E-state index is 0. The predicted octanol–water partition coefficient (Wildman–Crippen LogP) is 0.829. The van der Waals surface area contributed by atoms with Gasteiger partial charge in [0, 0.05) is 27.0 Å². The standard InChI is InChI=1S/C12H14F3N3O2.Pd/c13-12(14,15)11(20)18-2-1-6-3-8(16)9(17)4-7(6)10(19)5-18;/h3-4,10,19H,1-2,5,16-17H2;. The molecule has 2 rings (SSSR count). The number of nitrogens with zero attached hydrogens (tertiary/aromatic N) is 1. The van der Waals surface area contributed by atoms with E-state index in [1.165, 1.54) is 12.1 Å². The van der Waals surface area contributed by atoms with Crippen LogP contribution in [0.2, 0.25) is 0 Å². The molecule has 1 aliphatic rings. The first-order valence-corrected chi connectivity index (χ1v) is 5.92. The number of amides is 1. The van der Waals surface area contributed by atoms with Crippen molar-refractivity contribution in [3.8, 4) is 0 Å². The van der Waals surface area contributed by atoms with Crippen molar-refractivity contribution in [1.82, 2.24) is 4.90 Å². The number of benzene rings is 1. The third-order valence-electron chi connectivity index (χ3n) is 3.28. The minimum Gasteiger partial charge on any atom is -0.397 e. The Labute approximate surface area is 132 Å². The molecule has 0 aromatic heterocycles. The van der Waals surface area contributed by atoms with Crippen molar-refractivity contribution in [2.75, 3.05) is 24.6 Å². The van der Waals surface area contributed by atoms with Crippen LogP contribution in [-0.2, 0) is 31.6 Å². The van der Waals surface area contributed by atoms with Gasteiger partial charge in [-0.05, 0) is 29.7 Å². The summed E-state index contributed by atoms with van der Waals surface area (Å²) in [4.78, 5) is 11.8. The normalized spacial score (nSPS) is 18.5. The maximum atomic E-state index is 12.4. The van der Waals surface area contributed by atoms with E-state index in [1.54, 1.807) is 0 Å². The van der Waals surface area contributed by atoms with Crippen molar-refractivity contribution >= 4 is 17.3 Å². The van der Waals surface area contributed by atoms with Crippen LogP contribution in [0.4, 0.5) is 24.5 Å². The summed E-state index contributed by atoms with van der Waals surface area (Å²) in [6.07, 6.45) is -5.99. The zero-order valence-electron chi connectivity index (χ0n) is 10.8. The number of rotatable bonds is 0. The summed E-state index contributed by atoms with van der Waals surface area (Å²) in [6, 6.07) is 2.96. The number of hydrogen-bond donors (Lipinski definition) is 3. The molecule has 0 aliphatic carbocycles. The van der Waals surface area contributed by atoms with Crippen LogP contribution in [0, 0.1) is 0 Å². The fourth-order valence-electron chi connectivity index (χ4n) is 2.24. The second-order valence-corrected chi connectivity index (χ2v) is 4.69. The van der Waals surface area contributed by atoms with Gasteiger partial charge in [-0.2, -0.15) is 13.2 Å². The fourth-order valence-corrected chi connectivity index (χ4v) is 2.24. The molecule has 1 aliphatic heterocycles. The van der Waals surface area contributed by atoms with Crippen molar-refractivity contribution in [3.63, 3.8) is 0 Å². The van der Waals surface area contributed by atoms with Crippen LogP contribution in [-0.4, -0.2) is 35.2 Å². The molecule has 0 fully saturated rings. The molecule has 1 unspecified atom stereocenters. The number of carbonyl (C=O) groups excluding carboxylic acids is 1. The second kappa shape index (κ2) is 6.22. The van der Waals surface area contributed by atoms with Crippen LogP contribution < -0.4 is 11.5 Å². The Morgan fingerprint density at radius 1 is 1.29 bits per heavy atom. The molecule has 21 heavy (non-hydrogen) atoms. The number of hydrogen-bond acceptors (Lipinski definition) is 4. The van der Waals surface area contributed by atoms with Gasteiger partial charge in [0.05, 0.1) is 24.0 Å². The first kappa shape index (κ1) is 17.8. The number of aliphatic hydroxyl groups excluding tert-OH is 1. The summed E-state index contributed by atoms with van der Waals surface area (Å²) in [7, 11) is 0. The van der Waals surface area contributed by atoms with E-state index in [0.29, 0.717) is 21.7 Å². The molecule has 5 N–H and O–H groups in total. The van der Waals surface area contributed by atoms with E-state index in [0.717, 1.165) is 0 Å². The molecule has 0 bridgehead atoms. The molecule has 5 nitrogen and oxygen atoms in total. The predicted molar refractivity (Wildman–Crippen MR) is 66.6 cm³/mol. The second-order valence-electron chi connectivity index (χ2n) is 4.69. The number of nitrogen functional groups attached to an aromatic ring is 2. The molecule has 120 valence electrons. The molecule has 1 amide bonds. The summed E-state index contributed by atoms with van der Waals surface area (Å²) < 4.78 is 37.3. The molecule has 0 saturated carbocycles. The van der Waals surface area contributed by atoms with Gasteiger partial charge in [-0.1, -0.05) is 0 Å². The molecule has 9 heteroatoms. The van der Waals surface area contributed by atoms with E-state index in [2.05, 4.69) is 0 Å². The molecule has 0 saturated heterocycles. The number of anilines is 2. The van der Waals surface area contributed by atoms with Crippen LogP contribution in [0.15, 0.2) is 12.1 Å². The Morgan fingerprint density at radius 2 is 1.86 bits per heavy atom. The number of carbonyl (C=O) groups is 1. The SMILES string of the molecule is Nc1cc2c(cc1N)C(O)CN(C(=O)C(F)(F)F)CC2.[Pd]. The van der Waals surface area contributed by atoms with Gasteiger partial charge in [0.2, 0.25) is 0 Å². The van der Waals surface area contributed by atoms with Gasteiger partial charge in [0.15, 0.2) is 0 Å². The Hall–Kier alpha value is -1.30. The number of fused-ring (bicyclic) bond motifs is 1. The summed E-state index contributed by atoms with van der Waals surface area (Å²) >= 11 is 0. The summed E-state index contributed by atoms with van der Waals surface area (Å²) in [5, 5.41) is 9.98. The van der Waals surface area contributed by atoms with Crippen molar-refractivity contribution in [2.45, 2.75) is 18.7 Å². The number of nitrogens with two attached hydrogens (primary N) is 2. The van der Waals surface area contributed by atoms with E-state index in [1.807, 2.05) is 0 Å². The Balaban J connectivity index is 0.00000220. The van der Waals surface area contributed by atoms with Crippen molar-refractivity contribution < 1.29 is 43.5 Å². The van der Waals surface area contributed by atoms with Crippen LogP contribution in [0.3, 0.4) is 0 Å². The molecule has 1 aromatic carbocycles. The zero-order valence-corrected chi connectivity index (χ0v) is 12.3. The van der Waals surface area contributed by atoms with Gasteiger partial charge < -0.3 is 21.5 Å². The zero-order chi connectivity index (χ0) is 15.1. The van der Waals surface area contributed by atoms with Crippen LogP contribution in [0.25, 0.3) is 0 Å². The van der Waals surface area contributed by atoms with Crippen LogP contribution in [0.5, 0.6) is 0 Å². The molecule has 1 heterocycles. The Kier molecular flexibility index (Phi) is 5.26. The maximum Gasteiger partial charge on any atom is 0.471 e. The van der Waals surface area contributed by atoms with Crippen LogP contribution in [0.1, 0.15) is 17.2 Å². The van der Waals surface area contributed by atoms with Gasteiger partial charge in [0.25, 0.3) is 0 Å². The van der Waals surface area contributed by atoms with E-state index in [-0.39, 0.29) is 39.1 Å². The van der Waals surface area contributed by atoms with Gasteiger partial charge in [0.1, 0.15) is 0 Å².